The van der Waals surface area contributed by atoms with Crippen LogP contribution in [0.5, 0.6) is 0 Å². The first-order valence-corrected chi connectivity index (χ1v) is 6.72. The minimum atomic E-state index is -0.792. The number of carboxylic acids is 1. The second-order valence-corrected chi connectivity index (χ2v) is 5.26. The summed E-state index contributed by atoms with van der Waals surface area (Å²) in [7, 11) is 1.61. The van der Waals surface area contributed by atoms with Gasteiger partial charge >= 0.3 is 12.0 Å². The molecule has 1 rings (SSSR count). The van der Waals surface area contributed by atoms with E-state index in [1.807, 2.05) is 13.8 Å². The molecule has 0 saturated carbocycles. The highest BCUT2D eigenvalue weighted by Gasteiger charge is 2.31. The smallest absolute Gasteiger partial charge is 0.320 e. The van der Waals surface area contributed by atoms with E-state index >= 15 is 0 Å². The molecule has 1 fully saturated rings. The Labute approximate surface area is 114 Å². The minimum Gasteiger partial charge on any atom is -0.481 e. The SMILES string of the molecule is COCCN(C(=O)N1CCC(CC(=O)O)C1)C(C)C. The molecule has 0 bridgehead atoms. The number of rotatable bonds is 6. The Morgan fingerprint density at radius 1 is 1.47 bits per heavy atom. The Bertz CT molecular complexity index is 320. The summed E-state index contributed by atoms with van der Waals surface area (Å²) in [6.45, 7) is 6.20. The zero-order valence-electron chi connectivity index (χ0n) is 12.0. The number of ether oxygens (including phenoxy) is 1. The van der Waals surface area contributed by atoms with E-state index in [9.17, 15) is 9.59 Å². The summed E-state index contributed by atoms with van der Waals surface area (Å²) in [6, 6.07) is 0.0983. The van der Waals surface area contributed by atoms with Crippen molar-refractivity contribution in [2.75, 3.05) is 33.4 Å². The molecular formula is C13H24N2O4. The van der Waals surface area contributed by atoms with Crippen LogP contribution in [0.3, 0.4) is 0 Å². The van der Waals surface area contributed by atoms with Gasteiger partial charge in [-0.05, 0) is 26.2 Å². The summed E-state index contributed by atoms with van der Waals surface area (Å²) < 4.78 is 5.02. The molecule has 2 amide bonds. The number of methoxy groups -OCH3 is 1. The summed E-state index contributed by atoms with van der Waals surface area (Å²) in [6.07, 6.45) is 0.914. The Balaban J connectivity index is 2.53. The van der Waals surface area contributed by atoms with Crippen molar-refractivity contribution in [3.8, 4) is 0 Å². The number of likely N-dealkylation sites (tertiary alicyclic amines) is 1. The second kappa shape index (κ2) is 7.33. The van der Waals surface area contributed by atoms with Crippen molar-refractivity contribution in [3.05, 3.63) is 0 Å². The van der Waals surface area contributed by atoms with Crippen LogP contribution in [0, 0.1) is 5.92 Å². The van der Waals surface area contributed by atoms with E-state index in [1.54, 1.807) is 16.9 Å². The van der Waals surface area contributed by atoms with Gasteiger partial charge in [-0.1, -0.05) is 0 Å². The van der Waals surface area contributed by atoms with Gasteiger partial charge in [-0.25, -0.2) is 4.79 Å². The molecular weight excluding hydrogens is 248 g/mol. The maximum Gasteiger partial charge on any atom is 0.320 e. The summed E-state index contributed by atoms with van der Waals surface area (Å²) in [5, 5.41) is 8.78. The van der Waals surface area contributed by atoms with Crippen LogP contribution in [0.15, 0.2) is 0 Å². The van der Waals surface area contributed by atoms with Gasteiger partial charge < -0.3 is 19.6 Å². The molecule has 1 unspecified atom stereocenters. The molecule has 0 aromatic rings. The van der Waals surface area contributed by atoms with Crippen LogP contribution in [0.4, 0.5) is 4.79 Å². The van der Waals surface area contributed by atoms with Gasteiger partial charge in [-0.2, -0.15) is 0 Å². The zero-order chi connectivity index (χ0) is 14.4. The van der Waals surface area contributed by atoms with Gasteiger partial charge in [0.25, 0.3) is 0 Å². The fraction of sp³-hybridized carbons (Fsp3) is 0.846. The molecule has 1 aliphatic heterocycles. The molecule has 19 heavy (non-hydrogen) atoms. The lowest BCUT2D eigenvalue weighted by molar-refractivity contribution is -0.138. The first kappa shape index (κ1) is 15.8. The van der Waals surface area contributed by atoms with E-state index in [-0.39, 0.29) is 24.4 Å². The molecule has 0 aliphatic carbocycles. The topological polar surface area (TPSA) is 70.1 Å². The summed E-state index contributed by atoms with van der Waals surface area (Å²) >= 11 is 0. The van der Waals surface area contributed by atoms with Gasteiger partial charge in [0.2, 0.25) is 0 Å². The number of aliphatic carboxylic acids is 1. The third-order valence-corrected chi connectivity index (χ3v) is 3.43. The Kier molecular flexibility index (Phi) is 6.08. The van der Waals surface area contributed by atoms with Crippen LogP contribution in [0.25, 0.3) is 0 Å². The summed E-state index contributed by atoms with van der Waals surface area (Å²) in [5.41, 5.74) is 0. The number of amides is 2. The number of hydrogen-bond acceptors (Lipinski definition) is 3. The third-order valence-electron chi connectivity index (χ3n) is 3.43. The van der Waals surface area contributed by atoms with Gasteiger partial charge in [-0.15, -0.1) is 0 Å². The van der Waals surface area contributed by atoms with E-state index in [1.165, 1.54) is 0 Å². The lowest BCUT2D eigenvalue weighted by atomic mass is 10.1. The molecule has 6 heteroatoms. The van der Waals surface area contributed by atoms with Crippen molar-refractivity contribution in [3.63, 3.8) is 0 Å². The molecule has 110 valence electrons. The average Bonchev–Trinajstić information content (AvgIpc) is 2.76. The fourth-order valence-electron chi connectivity index (χ4n) is 2.37. The van der Waals surface area contributed by atoms with Gasteiger partial charge in [0, 0.05) is 39.2 Å². The van der Waals surface area contributed by atoms with Crippen LogP contribution < -0.4 is 0 Å². The van der Waals surface area contributed by atoms with Gasteiger partial charge in [-0.3, -0.25) is 4.79 Å². The summed E-state index contributed by atoms with van der Waals surface area (Å²) in [4.78, 5) is 26.6. The van der Waals surface area contributed by atoms with Gasteiger partial charge in [0.1, 0.15) is 0 Å². The Morgan fingerprint density at radius 2 is 2.16 bits per heavy atom. The zero-order valence-corrected chi connectivity index (χ0v) is 12.0. The molecule has 0 spiro atoms. The van der Waals surface area contributed by atoms with Gasteiger partial charge in [0.05, 0.1) is 6.61 Å². The number of carboxylic acid groups (broad SMARTS) is 1. The normalized spacial score (nSPS) is 18.9. The largest absolute Gasteiger partial charge is 0.481 e. The van der Waals surface area contributed by atoms with Gasteiger partial charge in [0.15, 0.2) is 0 Å². The lowest BCUT2D eigenvalue weighted by Crippen LogP contribution is -2.47. The third kappa shape index (κ3) is 4.70. The molecule has 1 heterocycles. The lowest BCUT2D eigenvalue weighted by Gasteiger charge is -2.31. The minimum absolute atomic E-state index is 0.0139. The van der Waals surface area contributed by atoms with Crippen molar-refractivity contribution >= 4 is 12.0 Å². The predicted molar refractivity (Wildman–Crippen MR) is 71.0 cm³/mol. The van der Waals surface area contributed by atoms with Crippen molar-refractivity contribution < 1.29 is 19.4 Å². The van der Waals surface area contributed by atoms with Crippen molar-refractivity contribution in [2.24, 2.45) is 5.92 Å². The fourth-order valence-corrected chi connectivity index (χ4v) is 2.37. The molecule has 6 nitrogen and oxygen atoms in total. The highest BCUT2D eigenvalue weighted by atomic mass is 16.5. The molecule has 0 aromatic heterocycles. The van der Waals surface area contributed by atoms with Crippen LogP contribution in [-0.2, 0) is 9.53 Å². The Morgan fingerprint density at radius 3 is 2.68 bits per heavy atom. The summed E-state index contributed by atoms with van der Waals surface area (Å²) in [5.74, 6) is -0.711. The maximum atomic E-state index is 12.4. The predicted octanol–water partition coefficient (Wildman–Crippen LogP) is 1.26. The van der Waals surface area contributed by atoms with E-state index < -0.39 is 5.97 Å². The molecule has 1 N–H and O–H groups in total. The van der Waals surface area contributed by atoms with Crippen LogP contribution in [0.2, 0.25) is 0 Å². The Hall–Kier alpha value is -1.30. The van der Waals surface area contributed by atoms with Crippen molar-refractivity contribution in [1.29, 1.82) is 0 Å². The first-order valence-electron chi connectivity index (χ1n) is 6.72. The van der Waals surface area contributed by atoms with Crippen LogP contribution in [-0.4, -0.2) is 66.3 Å². The second-order valence-electron chi connectivity index (χ2n) is 5.26. The van der Waals surface area contributed by atoms with Crippen molar-refractivity contribution in [2.45, 2.75) is 32.7 Å². The van der Waals surface area contributed by atoms with E-state index in [0.717, 1.165) is 6.42 Å². The van der Waals surface area contributed by atoms with E-state index in [2.05, 4.69) is 0 Å². The molecule has 0 radical (unpaired) electrons. The van der Waals surface area contributed by atoms with E-state index in [4.69, 9.17) is 9.84 Å². The number of carbonyl (C=O) groups is 2. The molecule has 1 atom stereocenters. The quantitative estimate of drug-likeness (QED) is 0.790. The van der Waals surface area contributed by atoms with E-state index in [0.29, 0.717) is 26.2 Å². The molecule has 0 aromatic carbocycles. The average molecular weight is 272 g/mol. The number of nitrogens with zero attached hydrogens (tertiary/aromatic N) is 2. The standard InChI is InChI=1S/C13H24N2O4/c1-10(2)15(6-7-19-3)13(18)14-5-4-11(9-14)8-12(16)17/h10-11H,4-9H2,1-3H3,(H,16,17). The maximum absolute atomic E-state index is 12.4. The van der Waals surface area contributed by atoms with Crippen molar-refractivity contribution in [1.82, 2.24) is 9.80 Å². The van der Waals surface area contributed by atoms with Crippen LogP contribution >= 0.6 is 0 Å². The van der Waals surface area contributed by atoms with Crippen LogP contribution in [0.1, 0.15) is 26.7 Å². The molecule has 1 aliphatic rings. The first-order chi connectivity index (χ1) is 8.95. The number of hydrogen-bond donors (Lipinski definition) is 1. The molecule has 1 saturated heterocycles. The number of urea groups is 1. The monoisotopic (exact) mass is 272 g/mol. The number of carbonyl (C=O) groups excluding carboxylic acids is 1. The highest BCUT2D eigenvalue weighted by molar-refractivity contribution is 5.75. The highest BCUT2D eigenvalue weighted by Crippen LogP contribution is 2.21.